The first kappa shape index (κ1) is 19.7. The third-order valence-electron chi connectivity index (χ3n) is 3.65. The molecule has 0 bridgehead atoms. The van der Waals surface area contributed by atoms with Crippen molar-refractivity contribution in [2.45, 2.75) is 32.7 Å². The summed E-state index contributed by atoms with van der Waals surface area (Å²) in [4.78, 5) is 19.5. The van der Waals surface area contributed by atoms with E-state index in [0.717, 1.165) is 17.7 Å². The van der Waals surface area contributed by atoms with E-state index in [4.69, 9.17) is 10.5 Å². The molecule has 2 aromatic rings. The second kappa shape index (κ2) is 8.62. The maximum absolute atomic E-state index is 11.3. The SMILES string of the molecule is COC(=O)Nc1nccc(-c2ccc(OC[C@@](C)(N)CC(C)C)cc2)n1. The quantitative estimate of drug-likeness (QED) is 0.786. The van der Waals surface area contributed by atoms with E-state index in [-0.39, 0.29) is 11.5 Å². The molecule has 7 nitrogen and oxygen atoms in total. The Morgan fingerprint density at radius 3 is 2.58 bits per heavy atom. The molecule has 1 aromatic carbocycles. The molecule has 3 N–H and O–H groups in total. The summed E-state index contributed by atoms with van der Waals surface area (Å²) in [5.74, 6) is 1.44. The Hall–Kier alpha value is -2.67. The van der Waals surface area contributed by atoms with E-state index < -0.39 is 6.09 Å². The highest BCUT2D eigenvalue weighted by Crippen LogP contribution is 2.22. The van der Waals surface area contributed by atoms with Crippen molar-refractivity contribution in [1.29, 1.82) is 0 Å². The molecule has 1 amide bonds. The van der Waals surface area contributed by atoms with E-state index in [2.05, 4.69) is 33.9 Å². The number of carbonyl (C=O) groups is 1. The number of hydrogen-bond donors (Lipinski definition) is 2. The number of hydrogen-bond acceptors (Lipinski definition) is 6. The molecule has 0 saturated heterocycles. The van der Waals surface area contributed by atoms with E-state index in [1.54, 1.807) is 12.3 Å². The highest BCUT2D eigenvalue weighted by Gasteiger charge is 2.21. The van der Waals surface area contributed by atoms with Gasteiger partial charge in [-0.2, -0.15) is 0 Å². The molecule has 7 heteroatoms. The summed E-state index contributed by atoms with van der Waals surface area (Å²) in [6.07, 6.45) is 1.85. The van der Waals surface area contributed by atoms with Crippen LogP contribution in [-0.2, 0) is 4.74 Å². The molecule has 0 radical (unpaired) electrons. The summed E-state index contributed by atoms with van der Waals surface area (Å²) in [7, 11) is 1.28. The molecule has 26 heavy (non-hydrogen) atoms. The molecule has 0 spiro atoms. The lowest BCUT2D eigenvalue weighted by atomic mass is 9.93. The number of methoxy groups -OCH3 is 1. The van der Waals surface area contributed by atoms with Crippen molar-refractivity contribution < 1.29 is 14.3 Å². The molecular weight excluding hydrogens is 332 g/mol. The largest absolute Gasteiger partial charge is 0.492 e. The van der Waals surface area contributed by atoms with Crippen LogP contribution in [0.2, 0.25) is 0 Å². The van der Waals surface area contributed by atoms with Crippen molar-refractivity contribution >= 4 is 12.0 Å². The van der Waals surface area contributed by atoms with Crippen LogP contribution in [0.3, 0.4) is 0 Å². The molecule has 0 aliphatic rings. The van der Waals surface area contributed by atoms with Gasteiger partial charge in [-0.05, 0) is 49.6 Å². The second-order valence-corrected chi connectivity index (χ2v) is 6.95. The molecule has 140 valence electrons. The number of nitrogens with zero attached hydrogens (tertiary/aromatic N) is 2. The number of aromatic nitrogens is 2. The number of nitrogens with two attached hydrogens (primary N) is 1. The van der Waals surface area contributed by atoms with Crippen LogP contribution in [0, 0.1) is 5.92 Å². The maximum Gasteiger partial charge on any atom is 0.413 e. The van der Waals surface area contributed by atoms with Crippen LogP contribution in [0.5, 0.6) is 5.75 Å². The summed E-state index contributed by atoms with van der Waals surface area (Å²) in [6.45, 7) is 6.74. The molecule has 0 unspecified atom stereocenters. The summed E-state index contributed by atoms with van der Waals surface area (Å²) < 4.78 is 10.4. The van der Waals surface area contributed by atoms with Gasteiger partial charge in [-0.25, -0.2) is 14.8 Å². The Kier molecular flexibility index (Phi) is 6.52. The van der Waals surface area contributed by atoms with E-state index in [9.17, 15) is 4.79 Å². The Morgan fingerprint density at radius 2 is 1.96 bits per heavy atom. The van der Waals surface area contributed by atoms with Crippen LogP contribution in [-0.4, -0.2) is 35.3 Å². The van der Waals surface area contributed by atoms with Crippen LogP contribution in [0.1, 0.15) is 27.2 Å². The monoisotopic (exact) mass is 358 g/mol. The standard InChI is InChI=1S/C19H26N4O3/c1-13(2)11-19(3,20)12-26-15-7-5-14(6-8-15)16-9-10-21-17(22-16)23-18(24)25-4/h5-10,13H,11-12,20H2,1-4H3,(H,21,22,23,24)/t19-/m0/s1. The molecule has 0 fully saturated rings. The minimum atomic E-state index is -0.614. The highest BCUT2D eigenvalue weighted by molar-refractivity contribution is 5.82. The Labute approximate surface area is 153 Å². The molecule has 1 aromatic heterocycles. The lowest BCUT2D eigenvalue weighted by molar-refractivity contribution is 0.186. The third-order valence-corrected chi connectivity index (χ3v) is 3.65. The van der Waals surface area contributed by atoms with Gasteiger partial charge in [0.1, 0.15) is 12.4 Å². The lowest BCUT2D eigenvalue weighted by Gasteiger charge is -2.26. The van der Waals surface area contributed by atoms with Crippen LogP contribution in [0.4, 0.5) is 10.7 Å². The van der Waals surface area contributed by atoms with Gasteiger partial charge < -0.3 is 15.2 Å². The van der Waals surface area contributed by atoms with Crippen molar-refractivity contribution in [1.82, 2.24) is 9.97 Å². The zero-order valence-electron chi connectivity index (χ0n) is 15.7. The van der Waals surface area contributed by atoms with Crippen LogP contribution < -0.4 is 15.8 Å². The van der Waals surface area contributed by atoms with Crippen molar-refractivity contribution in [2.75, 3.05) is 19.0 Å². The normalized spacial score (nSPS) is 13.2. The van der Waals surface area contributed by atoms with Gasteiger partial charge in [-0.1, -0.05) is 13.8 Å². The number of amides is 1. The van der Waals surface area contributed by atoms with Gasteiger partial charge in [0.2, 0.25) is 5.95 Å². The number of nitrogens with one attached hydrogen (secondary N) is 1. The van der Waals surface area contributed by atoms with Gasteiger partial charge in [0.15, 0.2) is 0 Å². The second-order valence-electron chi connectivity index (χ2n) is 6.95. The van der Waals surface area contributed by atoms with E-state index in [1.165, 1.54) is 7.11 Å². The fourth-order valence-corrected chi connectivity index (χ4v) is 2.68. The van der Waals surface area contributed by atoms with Gasteiger partial charge in [-0.15, -0.1) is 0 Å². The molecule has 0 aliphatic carbocycles. The Balaban J connectivity index is 2.03. The lowest BCUT2D eigenvalue weighted by Crippen LogP contribution is -2.43. The third kappa shape index (κ3) is 6.00. The van der Waals surface area contributed by atoms with E-state index in [1.807, 2.05) is 31.2 Å². The number of rotatable bonds is 7. The predicted molar refractivity (Wildman–Crippen MR) is 101 cm³/mol. The van der Waals surface area contributed by atoms with Gasteiger partial charge in [0, 0.05) is 17.3 Å². The van der Waals surface area contributed by atoms with E-state index in [0.29, 0.717) is 18.2 Å². The van der Waals surface area contributed by atoms with Crippen molar-refractivity contribution in [3.8, 4) is 17.0 Å². The topological polar surface area (TPSA) is 99.4 Å². The summed E-state index contributed by atoms with van der Waals surface area (Å²) >= 11 is 0. The number of benzene rings is 1. The first-order valence-corrected chi connectivity index (χ1v) is 8.49. The zero-order valence-corrected chi connectivity index (χ0v) is 15.7. The molecular formula is C19H26N4O3. The average molecular weight is 358 g/mol. The fraction of sp³-hybridized carbons (Fsp3) is 0.421. The molecule has 0 aliphatic heterocycles. The summed E-state index contributed by atoms with van der Waals surface area (Å²) in [6, 6.07) is 9.30. The van der Waals surface area contributed by atoms with Crippen LogP contribution in [0.15, 0.2) is 36.5 Å². The molecule has 1 heterocycles. The Bertz CT molecular complexity index is 730. The van der Waals surface area contributed by atoms with Gasteiger partial charge in [0.25, 0.3) is 0 Å². The summed E-state index contributed by atoms with van der Waals surface area (Å²) in [5, 5.41) is 2.44. The minimum Gasteiger partial charge on any atom is -0.492 e. The molecule has 0 saturated carbocycles. The predicted octanol–water partition coefficient (Wildman–Crippen LogP) is 3.46. The first-order valence-electron chi connectivity index (χ1n) is 8.49. The average Bonchev–Trinajstić information content (AvgIpc) is 2.59. The molecule has 2 rings (SSSR count). The van der Waals surface area contributed by atoms with Gasteiger partial charge in [0.05, 0.1) is 12.8 Å². The van der Waals surface area contributed by atoms with E-state index >= 15 is 0 Å². The van der Waals surface area contributed by atoms with Crippen molar-refractivity contribution in [3.63, 3.8) is 0 Å². The first-order chi connectivity index (χ1) is 12.3. The zero-order chi connectivity index (χ0) is 19.2. The maximum atomic E-state index is 11.3. The van der Waals surface area contributed by atoms with Gasteiger partial charge >= 0.3 is 6.09 Å². The van der Waals surface area contributed by atoms with Crippen LogP contribution >= 0.6 is 0 Å². The Morgan fingerprint density at radius 1 is 1.27 bits per heavy atom. The number of ether oxygens (including phenoxy) is 2. The minimum absolute atomic E-state index is 0.183. The highest BCUT2D eigenvalue weighted by atomic mass is 16.5. The van der Waals surface area contributed by atoms with Crippen LogP contribution in [0.25, 0.3) is 11.3 Å². The smallest absolute Gasteiger partial charge is 0.413 e. The molecule has 1 atom stereocenters. The van der Waals surface area contributed by atoms with Gasteiger partial charge in [-0.3, -0.25) is 5.32 Å². The fourth-order valence-electron chi connectivity index (χ4n) is 2.68. The number of carbonyl (C=O) groups excluding carboxylic acids is 1. The summed E-state index contributed by atoms with van der Waals surface area (Å²) in [5.41, 5.74) is 7.46. The number of anilines is 1. The van der Waals surface area contributed by atoms with Crippen molar-refractivity contribution in [2.24, 2.45) is 11.7 Å². The van der Waals surface area contributed by atoms with Crippen molar-refractivity contribution in [3.05, 3.63) is 36.5 Å².